The van der Waals surface area contributed by atoms with Crippen molar-refractivity contribution in [1.82, 2.24) is 10.2 Å². The van der Waals surface area contributed by atoms with Crippen molar-refractivity contribution in [3.63, 3.8) is 0 Å². The first kappa shape index (κ1) is 16.9. The lowest BCUT2D eigenvalue weighted by atomic mass is 9.95. The van der Waals surface area contributed by atoms with E-state index in [-0.39, 0.29) is 21.0 Å². The fourth-order valence-corrected chi connectivity index (χ4v) is 4.29. The summed E-state index contributed by atoms with van der Waals surface area (Å²) in [7, 11) is -3.93. The molecule has 122 valence electrons. The molecule has 22 heavy (non-hydrogen) atoms. The second-order valence-corrected chi connectivity index (χ2v) is 8.88. The first-order valence-corrected chi connectivity index (χ1v) is 8.78. The van der Waals surface area contributed by atoms with E-state index in [2.05, 4.69) is 14.9 Å². The molecule has 2 aromatic heterocycles. The summed E-state index contributed by atoms with van der Waals surface area (Å²) >= 11 is 1.12. The van der Waals surface area contributed by atoms with E-state index < -0.39 is 22.1 Å². The minimum Gasteiger partial charge on any atom is -0.280 e. The molecule has 0 amide bonds. The molecule has 0 bridgehead atoms. The zero-order chi connectivity index (χ0) is 16.7. The molecule has 0 aromatic carbocycles. The number of H-pyrrole nitrogens is 1. The van der Waals surface area contributed by atoms with Crippen LogP contribution in [0, 0.1) is 6.92 Å². The zero-order valence-electron chi connectivity index (χ0n) is 12.6. The molecule has 2 rings (SSSR count). The number of aromatic nitrogens is 2. The Kier molecular flexibility index (Phi) is 4.31. The molecule has 0 saturated carbocycles. The van der Waals surface area contributed by atoms with Gasteiger partial charge in [0.15, 0.2) is 5.69 Å². The van der Waals surface area contributed by atoms with E-state index in [9.17, 15) is 17.2 Å². The Hall–Kier alpha value is -1.48. The van der Waals surface area contributed by atoms with Crippen molar-refractivity contribution < 1.29 is 17.2 Å². The Morgan fingerprint density at radius 3 is 2.45 bits per heavy atom. The second kappa shape index (κ2) is 5.62. The van der Waals surface area contributed by atoms with Crippen LogP contribution in [-0.2, 0) is 15.4 Å². The van der Waals surface area contributed by atoms with Gasteiger partial charge < -0.3 is 0 Å². The Morgan fingerprint density at radius 1 is 1.32 bits per heavy atom. The summed E-state index contributed by atoms with van der Waals surface area (Å²) in [5.74, 6) is 0. The number of aromatic amines is 1. The van der Waals surface area contributed by atoms with Gasteiger partial charge in [-0.25, -0.2) is 17.2 Å². The number of rotatable bonds is 4. The summed E-state index contributed by atoms with van der Waals surface area (Å²) in [6.07, 6.45) is -2.86. The third-order valence-corrected chi connectivity index (χ3v) is 6.36. The van der Waals surface area contributed by atoms with Crippen LogP contribution in [0.4, 0.5) is 14.5 Å². The summed E-state index contributed by atoms with van der Waals surface area (Å²) in [4.78, 5) is 0.894. The topological polar surface area (TPSA) is 74.8 Å². The Morgan fingerprint density at radius 2 is 1.95 bits per heavy atom. The van der Waals surface area contributed by atoms with Crippen LogP contribution in [0.2, 0.25) is 0 Å². The molecule has 0 fully saturated rings. The first-order chi connectivity index (χ1) is 10.0. The molecule has 0 spiro atoms. The van der Waals surface area contributed by atoms with Crippen molar-refractivity contribution in [2.75, 3.05) is 4.72 Å². The van der Waals surface area contributed by atoms with Crippen LogP contribution in [-0.4, -0.2) is 18.6 Å². The highest BCUT2D eigenvalue weighted by Crippen LogP contribution is 2.34. The minimum absolute atomic E-state index is 0.0817. The number of thiophene rings is 1. The van der Waals surface area contributed by atoms with E-state index in [0.29, 0.717) is 0 Å². The molecule has 0 aliphatic rings. The van der Waals surface area contributed by atoms with E-state index in [1.807, 2.05) is 20.8 Å². The van der Waals surface area contributed by atoms with E-state index >= 15 is 0 Å². The van der Waals surface area contributed by atoms with E-state index in [4.69, 9.17) is 0 Å². The van der Waals surface area contributed by atoms with Gasteiger partial charge in [0.05, 0.1) is 11.4 Å². The largest absolute Gasteiger partial charge is 0.284 e. The van der Waals surface area contributed by atoms with Crippen LogP contribution in [0.5, 0.6) is 0 Å². The van der Waals surface area contributed by atoms with Crippen molar-refractivity contribution in [3.8, 4) is 0 Å². The van der Waals surface area contributed by atoms with E-state index in [1.54, 1.807) is 6.07 Å². The summed E-state index contributed by atoms with van der Waals surface area (Å²) in [6, 6.07) is 3.21. The quantitative estimate of drug-likeness (QED) is 0.881. The monoisotopic (exact) mass is 349 g/mol. The molecule has 9 heteroatoms. The van der Waals surface area contributed by atoms with E-state index in [1.165, 1.54) is 13.0 Å². The average Bonchev–Trinajstić information content (AvgIpc) is 2.97. The van der Waals surface area contributed by atoms with Gasteiger partial charge in [-0.3, -0.25) is 9.82 Å². The van der Waals surface area contributed by atoms with Crippen LogP contribution in [0.1, 0.15) is 43.5 Å². The highest BCUT2D eigenvalue weighted by molar-refractivity contribution is 7.94. The number of nitrogens with one attached hydrogen (secondary N) is 2. The molecule has 2 N–H and O–H groups in total. The molecule has 5 nitrogen and oxygen atoms in total. The molecule has 0 unspecified atom stereocenters. The first-order valence-electron chi connectivity index (χ1n) is 6.48. The van der Waals surface area contributed by atoms with Gasteiger partial charge in [-0.1, -0.05) is 20.8 Å². The van der Waals surface area contributed by atoms with Gasteiger partial charge in [0.2, 0.25) is 0 Å². The van der Waals surface area contributed by atoms with Crippen LogP contribution < -0.4 is 4.72 Å². The predicted octanol–water partition coefficient (Wildman–Crippen LogP) is 3.82. The number of hydrogen-bond donors (Lipinski definition) is 2. The maximum atomic E-state index is 12.9. The normalized spacial score (nSPS) is 12.9. The smallest absolute Gasteiger partial charge is 0.280 e. The predicted molar refractivity (Wildman–Crippen MR) is 82.1 cm³/mol. The summed E-state index contributed by atoms with van der Waals surface area (Å²) in [5, 5.41) is 5.81. The van der Waals surface area contributed by atoms with Crippen LogP contribution in [0.3, 0.4) is 0 Å². The fourth-order valence-electron chi connectivity index (χ4n) is 1.79. The highest BCUT2D eigenvalue weighted by Gasteiger charge is 2.26. The Labute approximate surface area is 131 Å². The summed E-state index contributed by atoms with van der Waals surface area (Å²) in [6.45, 7) is 7.39. The van der Waals surface area contributed by atoms with Gasteiger partial charge in [-0.15, -0.1) is 11.3 Å². The third kappa shape index (κ3) is 3.30. The van der Waals surface area contributed by atoms with Crippen molar-refractivity contribution in [1.29, 1.82) is 0 Å². The van der Waals surface area contributed by atoms with Gasteiger partial charge in [-0.05, 0) is 24.5 Å². The Bertz CT molecular complexity index is 774. The standard InChI is InChI=1S/C13H17F2N3O2S2/c1-7-10(11(12(14)15)17-16-7)18-22(19,20)9-6-5-8(21-9)13(2,3)4/h5-6,12,18H,1-4H3,(H,16,17). The fraction of sp³-hybridized carbons (Fsp3) is 0.462. The maximum Gasteiger partial charge on any atom is 0.284 e. The Balaban J connectivity index is 2.37. The van der Waals surface area contributed by atoms with Gasteiger partial charge in [0, 0.05) is 4.88 Å². The molecule has 2 aromatic rings. The highest BCUT2D eigenvalue weighted by atomic mass is 32.2. The van der Waals surface area contributed by atoms with Crippen LogP contribution in [0.15, 0.2) is 16.3 Å². The molecule has 0 saturated heterocycles. The number of alkyl halides is 2. The number of nitrogens with zero attached hydrogens (tertiary/aromatic N) is 1. The van der Waals surface area contributed by atoms with Gasteiger partial charge in [-0.2, -0.15) is 5.10 Å². The van der Waals surface area contributed by atoms with Crippen molar-refractivity contribution >= 4 is 27.0 Å². The SMILES string of the molecule is Cc1[nH]nc(C(F)F)c1NS(=O)(=O)c1ccc(C(C)(C)C)s1. The zero-order valence-corrected chi connectivity index (χ0v) is 14.2. The number of aryl methyl sites for hydroxylation is 1. The van der Waals surface area contributed by atoms with Gasteiger partial charge in [0.1, 0.15) is 4.21 Å². The number of anilines is 1. The molecule has 0 aliphatic carbocycles. The summed E-state index contributed by atoms with van der Waals surface area (Å²) in [5.41, 5.74) is -0.737. The van der Waals surface area contributed by atoms with Crippen LogP contribution >= 0.6 is 11.3 Å². The molecular formula is C13H17F2N3O2S2. The van der Waals surface area contributed by atoms with Crippen molar-refractivity contribution in [2.24, 2.45) is 0 Å². The molecule has 0 atom stereocenters. The lowest BCUT2D eigenvalue weighted by Crippen LogP contribution is -2.13. The lowest BCUT2D eigenvalue weighted by Gasteiger charge is -2.15. The molecule has 0 radical (unpaired) electrons. The van der Waals surface area contributed by atoms with E-state index in [0.717, 1.165) is 16.2 Å². The van der Waals surface area contributed by atoms with Crippen molar-refractivity contribution in [2.45, 2.75) is 43.7 Å². The number of hydrogen-bond acceptors (Lipinski definition) is 4. The molecule has 0 aliphatic heterocycles. The minimum atomic E-state index is -3.93. The lowest BCUT2D eigenvalue weighted by molar-refractivity contribution is 0.147. The average molecular weight is 349 g/mol. The number of sulfonamides is 1. The van der Waals surface area contributed by atoms with Gasteiger partial charge in [0.25, 0.3) is 16.4 Å². The maximum absolute atomic E-state index is 12.9. The second-order valence-electron chi connectivity index (χ2n) is 5.88. The number of halogens is 2. The van der Waals surface area contributed by atoms with Crippen molar-refractivity contribution in [3.05, 3.63) is 28.4 Å². The molecule has 2 heterocycles. The summed E-state index contributed by atoms with van der Waals surface area (Å²) < 4.78 is 52.8. The van der Waals surface area contributed by atoms with Gasteiger partial charge >= 0.3 is 0 Å². The third-order valence-electron chi connectivity index (χ3n) is 3.00. The molecular weight excluding hydrogens is 332 g/mol. The van der Waals surface area contributed by atoms with Crippen LogP contribution in [0.25, 0.3) is 0 Å².